The number of nitrogens with one attached hydrogen (secondary N) is 1. The van der Waals surface area contributed by atoms with E-state index < -0.39 is 0 Å². The fraction of sp³-hybridized carbons (Fsp3) is 0.381. The van der Waals surface area contributed by atoms with Crippen molar-refractivity contribution in [2.75, 3.05) is 38.1 Å². The first-order valence-electron chi connectivity index (χ1n) is 10.1. The molecule has 2 aromatic heterocycles. The highest BCUT2D eigenvalue weighted by Crippen LogP contribution is 2.28. The molecule has 7 nitrogen and oxygen atoms in total. The predicted molar refractivity (Wildman–Crippen MR) is 123 cm³/mol. The van der Waals surface area contributed by atoms with Crippen molar-refractivity contribution in [1.29, 1.82) is 0 Å². The molecule has 1 N–H and O–H groups in total. The topological polar surface area (TPSA) is 58.5 Å². The van der Waals surface area contributed by atoms with Gasteiger partial charge in [-0.3, -0.25) is 14.8 Å². The van der Waals surface area contributed by atoms with Crippen molar-refractivity contribution in [2.45, 2.75) is 20.1 Å². The molecule has 1 saturated heterocycles. The lowest BCUT2D eigenvalue weighted by molar-refractivity contribution is 0.0978. The Kier molecular flexibility index (Phi) is 7.06. The zero-order chi connectivity index (χ0) is 20.8. The smallest absolute Gasteiger partial charge is 0.209 e. The molecule has 4 rings (SSSR count). The fourth-order valence-corrected chi connectivity index (χ4v) is 4.42. The van der Waals surface area contributed by atoms with Gasteiger partial charge in [-0.1, -0.05) is 29.5 Å². The normalized spacial score (nSPS) is 15.2. The van der Waals surface area contributed by atoms with E-state index in [0.29, 0.717) is 13.3 Å². The monoisotopic (exact) mass is 442 g/mol. The van der Waals surface area contributed by atoms with Gasteiger partial charge in [0.05, 0.1) is 24.7 Å². The Hall–Kier alpha value is -2.33. The number of anilines is 2. The van der Waals surface area contributed by atoms with Crippen molar-refractivity contribution >= 4 is 34.4 Å². The van der Waals surface area contributed by atoms with Crippen molar-refractivity contribution in [3.05, 3.63) is 58.3 Å². The van der Waals surface area contributed by atoms with Gasteiger partial charge in [0.1, 0.15) is 5.75 Å². The van der Waals surface area contributed by atoms with Gasteiger partial charge in [-0.25, -0.2) is 4.68 Å². The van der Waals surface area contributed by atoms with E-state index in [9.17, 15) is 0 Å². The van der Waals surface area contributed by atoms with E-state index in [0.717, 1.165) is 58.9 Å². The fourth-order valence-electron chi connectivity index (χ4n) is 3.41. The second-order valence-electron chi connectivity index (χ2n) is 7.08. The molecular formula is C21H26N6OS2. The Bertz CT molecular complexity index is 998. The van der Waals surface area contributed by atoms with Crippen molar-refractivity contribution in [2.24, 2.45) is 0 Å². The molecule has 158 valence electrons. The van der Waals surface area contributed by atoms with Crippen LogP contribution in [0, 0.1) is 3.95 Å². The minimum absolute atomic E-state index is 0.620. The predicted octanol–water partition coefficient (Wildman–Crippen LogP) is 3.99. The first-order valence-corrected chi connectivity index (χ1v) is 11.3. The molecule has 0 saturated carbocycles. The summed E-state index contributed by atoms with van der Waals surface area (Å²) in [5.41, 5.74) is 2.02. The van der Waals surface area contributed by atoms with E-state index in [1.807, 2.05) is 54.2 Å². The lowest BCUT2D eigenvalue weighted by Gasteiger charge is -2.34. The molecule has 30 heavy (non-hydrogen) atoms. The van der Waals surface area contributed by atoms with Gasteiger partial charge in [-0.2, -0.15) is 0 Å². The highest BCUT2D eigenvalue weighted by Gasteiger charge is 2.18. The Morgan fingerprint density at radius 1 is 1.07 bits per heavy atom. The molecule has 0 aliphatic carbocycles. The first-order chi connectivity index (χ1) is 14.7. The molecule has 0 bridgehead atoms. The third-order valence-corrected chi connectivity index (χ3v) is 6.17. The zero-order valence-electron chi connectivity index (χ0n) is 17.0. The van der Waals surface area contributed by atoms with Crippen LogP contribution in [0.4, 0.5) is 10.8 Å². The van der Waals surface area contributed by atoms with Crippen molar-refractivity contribution < 1.29 is 4.74 Å². The summed E-state index contributed by atoms with van der Waals surface area (Å²) < 4.78 is 8.35. The molecule has 1 aliphatic rings. The van der Waals surface area contributed by atoms with Crippen LogP contribution in [0.15, 0.2) is 48.7 Å². The van der Waals surface area contributed by atoms with Crippen LogP contribution in [-0.2, 0) is 13.2 Å². The standard InChI is InChI=1S/C21H26N6OS2/c1-2-28-19-9-4-3-8-18(19)23-20-24-27(21(29)30-20)16-26-13-11-25(12-14-26)15-17-7-5-6-10-22-17/h3-10H,2,11-16H2,1H3,(H,23,24). The third-order valence-electron chi connectivity index (χ3n) is 4.95. The summed E-state index contributed by atoms with van der Waals surface area (Å²) in [6.45, 7) is 8.21. The zero-order valence-corrected chi connectivity index (χ0v) is 18.7. The molecule has 1 aliphatic heterocycles. The van der Waals surface area contributed by atoms with Crippen LogP contribution in [0.2, 0.25) is 0 Å². The largest absolute Gasteiger partial charge is 0.492 e. The summed E-state index contributed by atoms with van der Waals surface area (Å²) in [6.07, 6.45) is 1.86. The third kappa shape index (κ3) is 5.42. The molecule has 0 amide bonds. The maximum absolute atomic E-state index is 5.68. The van der Waals surface area contributed by atoms with E-state index >= 15 is 0 Å². The van der Waals surface area contributed by atoms with Crippen LogP contribution < -0.4 is 10.1 Å². The van der Waals surface area contributed by atoms with E-state index in [1.165, 1.54) is 11.3 Å². The number of aromatic nitrogens is 3. The van der Waals surface area contributed by atoms with Gasteiger partial charge in [0.25, 0.3) is 0 Å². The Morgan fingerprint density at radius 2 is 1.83 bits per heavy atom. The molecule has 0 atom stereocenters. The Balaban J connectivity index is 1.33. The van der Waals surface area contributed by atoms with E-state index in [4.69, 9.17) is 17.0 Å². The van der Waals surface area contributed by atoms with Gasteiger partial charge < -0.3 is 10.1 Å². The molecule has 0 spiro atoms. The number of pyridine rings is 1. The van der Waals surface area contributed by atoms with Gasteiger partial charge in [-0.05, 0) is 43.4 Å². The molecule has 9 heteroatoms. The van der Waals surface area contributed by atoms with E-state index in [-0.39, 0.29) is 0 Å². The number of hydrogen-bond donors (Lipinski definition) is 1. The molecule has 0 radical (unpaired) electrons. The molecule has 0 unspecified atom stereocenters. The summed E-state index contributed by atoms with van der Waals surface area (Å²) in [5, 5.41) is 8.82. The lowest BCUT2D eigenvalue weighted by Crippen LogP contribution is -2.46. The number of rotatable bonds is 8. The Morgan fingerprint density at radius 3 is 2.60 bits per heavy atom. The second-order valence-corrected chi connectivity index (χ2v) is 8.71. The lowest BCUT2D eigenvalue weighted by atomic mass is 10.3. The second kappa shape index (κ2) is 10.1. The summed E-state index contributed by atoms with van der Waals surface area (Å²) in [6, 6.07) is 14.0. The highest BCUT2D eigenvalue weighted by molar-refractivity contribution is 7.73. The summed E-state index contributed by atoms with van der Waals surface area (Å²) in [5.74, 6) is 0.816. The average Bonchev–Trinajstić information content (AvgIpc) is 3.10. The maximum atomic E-state index is 5.68. The molecule has 1 aromatic carbocycles. The average molecular weight is 443 g/mol. The number of nitrogens with zero attached hydrogens (tertiary/aromatic N) is 5. The Labute approximate surface area is 185 Å². The number of para-hydroxylation sites is 2. The van der Waals surface area contributed by atoms with Gasteiger partial charge >= 0.3 is 0 Å². The van der Waals surface area contributed by atoms with Crippen LogP contribution in [0.3, 0.4) is 0 Å². The molecule has 3 heterocycles. The van der Waals surface area contributed by atoms with Gasteiger partial charge in [-0.15, -0.1) is 5.10 Å². The molecule has 1 fully saturated rings. The quantitative estimate of drug-likeness (QED) is 0.530. The van der Waals surface area contributed by atoms with E-state index in [2.05, 4.69) is 31.3 Å². The first kappa shape index (κ1) is 20.9. The number of hydrogen-bond acceptors (Lipinski definition) is 8. The summed E-state index contributed by atoms with van der Waals surface area (Å²) >= 11 is 7.04. The number of ether oxygens (including phenoxy) is 1. The highest BCUT2D eigenvalue weighted by atomic mass is 32.1. The number of benzene rings is 1. The summed E-state index contributed by atoms with van der Waals surface area (Å²) in [4.78, 5) is 9.26. The van der Waals surface area contributed by atoms with Crippen molar-refractivity contribution in [1.82, 2.24) is 24.6 Å². The van der Waals surface area contributed by atoms with Crippen LogP contribution in [-0.4, -0.2) is 57.4 Å². The van der Waals surface area contributed by atoms with Crippen LogP contribution >= 0.6 is 23.6 Å². The molecule has 3 aromatic rings. The van der Waals surface area contributed by atoms with Crippen molar-refractivity contribution in [3.8, 4) is 5.75 Å². The van der Waals surface area contributed by atoms with Crippen LogP contribution in [0.5, 0.6) is 5.75 Å². The van der Waals surface area contributed by atoms with Crippen LogP contribution in [0.1, 0.15) is 12.6 Å². The van der Waals surface area contributed by atoms with E-state index in [1.54, 1.807) is 0 Å². The maximum Gasteiger partial charge on any atom is 0.209 e. The van der Waals surface area contributed by atoms with Gasteiger partial charge in [0.15, 0.2) is 3.95 Å². The van der Waals surface area contributed by atoms with Gasteiger partial charge in [0.2, 0.25) is 5.13 Å². The summed E-state index contributed by atoms with van der Waals surface area (Å²) in [7, 11) is 0. The van der Waals surface area contributed by atoms with Crippen molar-refractivity contribution in [3.63, 3.8) is 0 Å². The SMILES string of the molecule is CCOc1ccccc1Nc1nn(CN2CCN(Cc3ccccn3)CC2)c(=S)s1. The minimum Gasteiger partial charge on any atom is -0.492 e. The minimum atomic E-state index is 0.620. The van der Waals surface area contributed by atoms with Gasteiger partial charge in [0, 0.05) is 38.9 Å². The van der Waals surface area contributed by atoms with Crippen LogP contribution in [0.25, 0.3) is 0 Å². The molecular weight excluding hydrogens is 416 g/mol. The number of piperazine rings is 1.